The number of hydrogen-bond acceptors (Lipinski definition) is 2. The van der Waals surface area contributed by atoms with Gasteiger partial charge in [-0.25, -0.2) is 13.2 Å². The molecule has 2 aromatic rings. The molecule has 0 atom stereocenters. The molecule has 0 amide bonds. The summed E-state index contributed by atoms with van der Waals surface area (Å²) in [7, 11) is 0. The van der Waals surface area contributed by atoms with Crippen LogP contribution in [0.4, 0.5) is 30.2 Å². The summed E-state index contributed by atoms with van der Waals surface area (Å²) >= 11 is 2.99. The van der Waals surface area contributed by atoms with E-state index in [2.05, 4.69) is 21.2 Å². The van der Waals surface area contributed by atoms with Crippen LogP contribution in [0.25, 0.3) is 0 Å². The second-order valence-electron chi connectivity index (χ2n) is 3.58. The molecule has 2 nitrogen and oxygen atoms in total. The molecular weight excluding hydrogens is 309 g/mol. The Hall–Kier alpha value is -1.69. The van der Waals surface area contributed by atoms with E-state index in [1.807, 2.05) is 0 Å². The van der Waals surface area contributed by atoms with Crippen molar-refractivity contribution in [2.24, 2.45) is 0 Å². The molecule has 0 saturated carbocycles. The topological polar surface area (TPSA) is 38.0 Å². The fourth-order valence-corrected chi connectivity index (χ4v) is 1.76. The van der Waals surface area contributed by atoms with Gasteiger partial charge in [0, 0.05) is 6.07 Å². The first kappa shape index (κ1) is 12.8. The molecule has 0 spiro atoms. The minimum atomic E-state index is -1.02. The van der Waals surface area contributed by atoms with Gasteiger partial charge in [0.15, 0.2) is 11.6 Å². The first-order valence-electron chi connectivity index (χ1n) is 4.94. The van der Waals surface area contributed by atoms with Crippen LogP contribution in [0.2, 0.25) is 0 Å². The van der Waals surface area contributed by atoms with Crippen molar-refractivity contribution in [2.45, 2.75) is 0 Å². The molecule has 0 fully saturated rings. The average molecular weight is 317 g/mol. The molecule has 0 aromatic heterocycles. The molecular formula is C12H8BrF3N2. The molecule has 0 bridgehead atoms. The van der Waals surface area contributed by atoms with Crippen LogP contribution in [0.3, 0.4) is 0 Å². The van der Waals surface area contributed by atoms with E-state index in [1.54, 1.807) is 0 Å². The first-order chi connectivity index (χ1) is 8.49. The SMILES string of the molecule is Nc1cc(F)c(Br)cc1Nc1cccc(F)c1F. The highest BCUT2D eigenvalue weighted by Gasteiger charge is 2.11. The molecule has 94 valence electrons. The summed E-state index contributed by atoms with van der Waals surface area (Å²) in [5.41, 5.74) is 5.90. The molecule has 0 unspecified atom stereocenters. The highest BCUT2D eigenvalue weighted by molar-refractivity contribution is 9.10. The van der Waals surface area contributed by atoms with Gasteiger partial charge in [-0.15, -0.1) is 0 Å². The van der Waals surface area contributed by atoms with E-state index in [0.717, 1.165) is 12.1 Å². The van der Waals surface area contributed by atoms with Crippen molar-refractivity contribution < 1.29 is 13.2 Å². The smallest absolute Gasteiger partial charge is 0.182 e. The van der Waals surface area contributed by atoms with Crippen molar-refractivity contribution in [1.29, 1.82) is 0 Å². The zero-order valence-electron chi connectivity index (χ0n) is 8.98. The Morgan fingerprint density at radius 3 is 2.44 bits per heavy atom. The van der Waals surface area contributed by atoms with Crippen molar-refractivity contribution in [3.05, 3.63) is 52.3 Å². The Balaban J connectivity index is 2.40. The monoisotopic (exact) mass is 316 g/mol. The van der Waals surface area contributed by atoms with Gasteiger partial charge in [-0.05, 0) is 34.1 Å². The molecule has 18 heavy (non-hydrogen) atoms. The van der Waals surface area contributed by atoms with Crippen LogP contribution in [0.5, 0.6) is 0 Å². The zero-order chi connectivity index (χ0) is 13.3. The first-order valence-corrected chi connectivity index (χ1v) is 5.74. The molecule has 0 saturated heterocycles. The van der Waals surface area contributed by atoms with Gasteiger partial charge in [0.05, 0.1) is 21.5 Å². The molecule has 0 aliphatic carbocycles. The van der Waals surface area contributed by atoms with Gasteiger partial charge in [-0.1, -0.05) is 6.07 Å². The molecule has 3 N–H and O–H groups in total. The van der Waals surface area contributed by atoms with Crippen molar-refractivity contribution in [3.63, 3.8) is 0 Å². The van der Waals surface area contributed by atoms with Crippen molar-refractivity contribution >= 4 is 33.0 Å². The van der Waals surface area contributed by atoms with Crippen LogP contribution in [0.15, 0.2) is 34.8 Å². The predicted molar refractivity (Wildman–Crippen MR) is 68.2 cm³/mol. The lowest BCUT2D eigenvalue weighted by atomic mass is 10.2. The van der Waals surface area contributed by atoms with Gasteiger partial charge < -0.3 is 11.1 Å². The fourth-order valence-electron chi connectivity index (χ4n) is 1.42. The largest absolute Gasteiger partial charge is 0.397 e. The Morgan fingerprint density at radius 1 is 1.00 bits per heavy atom. The van der Waals surface area contributed by atoms with Gasteiger partial charge in [-0.2, -0.15) is 0 Å². The van der Waals surface area contributed by atoms with Crippen LogP contribution < -0.4 is 11.1 Å². The number of nitrogen functional groups attached to an aromatic ring is 1. The van der Waals surface area contributed by atoms with E-state index < -0.39 is 17.5 Å². The minimum Gasteiger partial charge on any atom is -0.397 e. The van der Waals surface area contributed by atoms with Gasteiger partial charge in [0.25, 0.3) is 0 Å². The molecule has 2 rings (SSSR count). The Labute approximate surface area is 110 Å². The Kier molecular flexibility index (Phi) is 3.47. The quantitative estimate of drug-likeness (QED) is 0.815. The Bertz CT molecular complexity index is 602. The average Bonchev–Trinajstić information content (AvgIpc) is 2.32. The maximum Gasteiger partial charge on any atom is 0.182 e. The van der Waals surface area contributed by atoms with E-state index >= 15 is 0 Å². The van der Waals surface area contributed by atoms with Gasteiger partial charge in [0.1, 0.15) is 5.82 Å². The van der Waals surface area contributed by atoms with Gasteiger partial charge in [0.2, 0.25) is 0 Å². The van der Waals surface area contributed by atoms with Crippen LogP contribution in [-0.2, 0) is 0 Å². The number of anilines is 3. The lowest BCUT2D eigenvalue weighted by molar-refractivity contribution is 0.512. The normalized spacial score (nSPS) is 10.4. The molecule has 0 aliphatic heterocycles. The number of halogens is 4. The van der Waals surface area contributed by atoms with E-state index in [9.17, 15) is 13.2 Å². The van der Waals surface area contributed by atoms with E-state index in [-0.39, 0.29) is 21.5 Å². The fraction of sp³-hybridized carbons (Fsp3) is 0. The molecule has 6 heteroatoms. The van der Waals surface area contributed by atoms with Crippen molar-refractivity contribution in [1.82, 2.24) is 0 Å². The zero-order valence-corrected chi connectivity index (χ0v) is 10.6. The van der Waals surface area contributed by atoms with Crippen LogP contribution >= 0.6 is 15.9 Å². The summed E-state index contributed by atoms with van der Waals surface area (Å²) < 4.78 is 39.8. The third kappa shape index (κ3) is 2.43. The third-order valence-corrected chi connectivity index (χ3v) is 2.92. The summed E-state index contributed by atoms with van der Waals surface area (Å²) in [6.45, 7) is 0. The summed E-state index contributed by atoms with van der Waals surface area (Å²) in [4.78, 5) is 0. The molecule has 0 aliphatic rings. The van der Waals surface area contributed by atoms with E-state index in [4.69, 9.17) is 5.73 Å². The maximum atomic E-state index is 13.4. The second-order valence-corrected chi connectivity index (χ2v) is 4.43. The highest BCUT2D eigenvalue weighted by atomic mass is 79.9. The molecule has 0 heterocycles. The lowest BCUT2D eigenvalue weighted by Crippen LogP contribution is -2.00. The maximum absolute atomic E-state index is 13.4. The lowest BCUT2D eigenvalue weighted by Gasteiger charge is -2.11. The van der Waals surface area contributed by atoms with Gasteiger partial charge >= 0.3 is 0 Å². The number of hydrogen-bond donors (Lipinski definition) is 2. The number of rotatable bonds is 2. The van der Waals surface area contributed by atoms with Crippen LogP contribution in [0, 0.1) is 17.5 Å². The summed E-state index contributed by atoms with van der Waals surface area (Å²) in [6.07, 6.45) is 0. The third-order valence-electron chi connectivity index (χ3n) is 2.31. The summed E-state index contributed by atoms with van der Waals surface area (Å²) in [5.74, 6) is -2.52. The van der Waals surface area contributed by atoms with E-state index in [1.165, 1.54) is 18.2 Å². The standard InChI is InChI=1S/C12H8BrF3N2/c13-6-4-11(9(17)5-8(6)15)18-10-3-1-2-7(14)12(10)16/h1-5,18H,17H2. The summed E-state index contributed by atoms with van der Waals surface area (Å²) in [5, 5.41) is 2.61. The van der Waals surface area contributed by atoms with Crippen LogP contribution in [-0.4, -0.2) is 0 Å². The van der Waals surface area contributed by atoms with Crippen molar-refractivity contribution in [3.8, 4) is 0 Å². The highest BCUT2D eigenvalue weighted by Crippen LogP contribution is 2.30. The van der Waals surface area contributed by atoms with Gasteiger partial charge in [-0.3, -0.25) is 0 Å². The van der Waals surface area contributed by atoms with Crippen molar-refractivity contribution in [2.75, 3.05) is 11.1 Å². The molecule has 2 aromatic carbocycles. The number of benzene rings is 2. The second kappa shape index (κ2) is 4.89. The minimum absolute atomic E-state index is 0.0693. The summed E-state index contributed by atoms with van der Waals surface area (Å²) in [6, 6.07) is 6.16. The molecule has 0 radical (unpaired) electrons. The van der Waals surface area contributed by atoms with E-state index in [0.29, 0.717) is 0 Å². The van der Waals surface area contributed by atoms with Crippen LogP contribution in [0.1, 0.15) is 0 Å². The Morgan fingerprint density at radius 2 is 1.72 bits per heavy atom. The predicted octanol–water partition coefficient (Wildman–Crippen LogP) is 4.19. The number of nitrogens with one attached hydrogen (secondary N) is 1. The number of nitrogens with two attached hydrogens (primary N) is 1.